The Bertz CT molecular complexity index is 446. The number of ether oxygens (including phenoxy) is 2. The average Bonchev–Trinajstić information content (AvgIpc) is 2.84. The van der Waals surface area contributed by atoms with Crippen molar-refractivity contribution < 1.29 is 24.0 Å². The largest absolute Gasteiger partial charge is 0.466 e. The first kappa shape index (κ1) is 19.2. The molecule has 23 heavy (non-hydrogen) atoms. The van der Waals surface area contributed by atoms with Crippen LogP contribution < -0.4 is 0 Å². The maximum atomic E-state index is 12.3. The summed E-state index contributed by atoms with van der Waals surface area (Å²) in [6.45, 7) is 7.32. The molecular formula is C15H26N2O6. The molecule has 1 heterocycles. The predicted octanol–water partition coefficient (Wildman–Crippen LogP) is 2.23. The van der Waals surface area contributed by atoms with Crippen LogP contribution in [-0.4, -0.2) is 53.2 Å². The number of amides is 1. The highest BCUT2D eigenvalue weighted by atomic mass is 16.6. The third-order valence-corrected chi connectivity index (χ3v) is 3.59. The molecule has 8 heteroatoms. The lowest BCUT2D eigenvalue weighted by Crippen LogP contribution is -2.45. The zero-order valence-corrected chi connectivity index (χ0v) is 14.2. The molecule has 0 radical (unpaired) electrons. The first-order chi connectivity index (χ1) is 10.6. The van der Waals surface area contributed by atoms with Crippen molar-refractivity contribution in [2.45, 2.75) is 58.6 Å². The Balaban J connectivity index is 2.83. The van der Waals surface area contributed by atoms with E-state index in [1.54, 1.807) is 27.7 Å². The molecule has 8 nitrogen and oxygen atoms in total. The van der Waals surface area contributed by atoms with Crippen molar-refractivity contribution in [3.05, 3.63) is 10.1 Å². The summed E-state index contributed by atoms with van der Waals surface area (Å²) in [6.07, 6.45) is 0.800. The third kappa shape index (κ3) is 6.42. The summed E-state index contributed by atoms with van der Waals surface area (Å²) in [6, 6.07) is -0.375. The Morgan fingerprint density at radius 2 is 2.04 bits per heavy atom. The molecule has 1 rings (SSSR count). The van der Waals surface area contributed by atoms with E-state index in [2.05, 4.69) is 0 Å². The van der Waals surface area contributed by atoms with Crippen molar-refractivity contribution in [1.82, 2.24) is 4.90 Å². The topological polar surface area (TPSA) is 99.0 Å². The fourth-order valence-electron chi connectivity index (χ4n) is 2.78. The van der Waals surface area contributed by atoms with Gasteiger partial charge < -0.3 is 14.4 Å². The molecule has 0 spiro atoms. The Morgan fingerprint density at radius 3 is 2.57 bits per heavy atom. The maximum absolute atomic E-state index is 12.3. The van der Waals surface area contributed by atoms with E-state index in [1.165, 1.54) is 4.90 Å². The van der Waals surface area contributed by atoms with E-state index in [-0.39, 0.29) is 25.6 Å². The number of likely N-dealkylation sites (tertiary alicyclic amines) is 1. The molecular weight excluding hydrogens is 304 g/mol. The standard InChI is InChI=1S/C15H26N2O6/c1-5-22-13(18)9-11(10-17(20)21)12-7-6-8-16(12)14(19)23-15(2,3)4/h11-12H,5-10H2,1-4H3/t11?,12-/m0/s1. The van der Waals surface area contributed by atoms with Crippen molar-refractivity contribution in [2.24, 2.45) is 5.92 Å². The summed E-state index contributed by atoms with van der Waals surface area (Å²) < 4.78 is 10.3. The Labute approximate surface area is 136 Å². The molecule has 1 saturated heterocycles. The third-order valence-electron chi connectivity index (χ3n) is 3.59. The number of carbonyl (C=O) groups is 2. The smallest absolute Gasteiger partial charge is 0.410 e. The number of hydrogen-bond acceptors (Lipinski definition) is 6. The minimum Gasteiger partial charge on any atom is -0.466 e. The SMILES string of the molecule is CCOC(=O)CC(C[N+](=O)[O-])[C@@H]1CCCN1C(=O)OC(C)(C)C. The molecule has 0 bridgehead atoms. The van der Waals surface area contributed by atoms with Crippen molar-refractivity contribution in [3.8, 4) is 0 Å². The van der Waals surface area contributed by atoms with Crippen LogP contribution in [0.15, 0.2) is 0 Å². The van der Waals surface area contributed by atoms with Gasteiger partial charge in [0.25, 0.3) is 0 Å². The van der Waals surface area contributed by atoms with Crippen molar-refractivity contribution in [1.29, 1.82) is 0 Å². The summed E-state index contributed by atoms with van der Waals surface area (Å²) in [5.74, 6) is -1.05. The molecule has 1 aliphatic heterocycles. The van der Waals surface area contributed by atoms with Crippen LogP contribution in [-0.2, 0) is 14.3 Å². The Hall–Kier alpha value is -1.86. The van der Waals surface area contributed by atoms with E-state index in [4.69, 9.17) is 9.47 Å². The van der Waals surface area contributed by atoms with E-state index in [0.29, 0.717) is 13.0 Å². The summed E-state index contributed by atoms with van der Waals surface area (Å²) in [4.78, 5) is 36.0. The predicted molar refractivity (Wildman–Crippen MR) is 82.6 cm³/mol. The number of nitro groups is 1. The molecule has 1 amide bonds. The van der Waals surface area contributed by atoms with Gasteiger partial charge in [-0.25, -0.2) is 4.79 Å². The van der Waals surface area contributed by atoms with Gasteiger partial charge in [0.2, 0.25) is 6.54 Å². The maximum Gasteiger partial charge on any atom is 0.410 e. The van der Waals surface area contributed by atoms with Crippen LogP contribution >= 0.6 is 0 Å². The van der Waals surface area contributed by atoms with Gasteiger partial charge in [-0.3, -0.25) is 14.9 Å². The van der Waals surface area contributed by atoms with Crippen molar-refractivity contribution in [3.63, 3.8) is 0 Å². The van der Waals surface area contributed by atoms with Gasteiger partial charge in [-0.05, 0) is 40.5 Å². The second-order valence-corrected chi connectivity index (χ2v) is 6.67. The van der Waals surface area contributed by atoms with Gasteiger partial charge in [-0.15, -0.1) is 0 Å². The quantitative estimate of drug-likeness (QED) is 0.421. The second kappa shape index (κ2) is 8.12. The van der Waals surface area contributed by atoms with Crippen LogP contribution in [0.1, 0.15) is 47.0 Å². The van der Waals surface area contributed by atoms with Gasteiger partial charge in [0.1, 0.15) is 5.60 Å². The van der Waals surface area contributed by atoms with Gasteiger partial charge in [-0.2, -0.15) is 0 Å². The highest BCUT2D eigenvalue weighted by Crippen LogP contribution is 2.28. The molecule has 2 atom stereocenters. The lowest BCUT2D eigenvalue weighted by molar-refractivity contribution is -0.489. The highest BCUT2D eigenvalue weighted by molar-refractivity contribution is 5.71. The molecule has 0 aliphatic carbocycles. The first-order valence-electron chi connectivity index (χ1n) is 7.91. The minimum atomic E-state index is -0.635. The molecule has 0 aromatic rings. The van der Waals surface area contributed by atoms with Crippen molar-refractivity contribution in [2.75, 3.05) is 19.7 Å². The molecule has 1 aliphatic rings. The molecule has 0 N–H and O–H groups in total. The van der Waals surface area contributed by atoms with Crippen LogP contribution in [0.3, 0.4) is 0 Å². The van der Waals surface area contributed by atoms with E-state index in [0.717, 1.165) is 6.42 Å². The molecule has 1 unspecified atom stereocenters. The lowest BCUT2D eigenvalue weighted by Gasteiger charge is -2.31. The number of rotatable bonds is 6. The monoisotopic (exact) mass is 330 g/mol. The fourth-order valence-corrected chi connectivity index (χ4v) is 2.78. The number of esters is 1. The van der Waals surface area contributed by atoms with Gasteiger partial charge in [0.05, 0.1) is 18.9 Å². The summed E-state index contributed by atoms with van der Waals surface area (Å²) in [5.41, 5.74) is -0.635. The summed E-state index contributed by atoms with van der Waals surface area (Å²) in [7, 11) is 0. The van der Waals surface area contributed by atoms with Gasteiger partial charge in [0.15, 0.2) is 0 Å². The van der Waals surface area contributed by atoms with Crippen LogP contribution in [0.5, 0.6) is 0 Å². The lowest BCUT2D eigenvalue weighted by atomic mass is 9.94. The molecule has 0 saturated carbocycles. The summed E-state index contributed by atoms with van der Waals surface area (Å²) in [5, 5.41) is 10.9. The normalized spacial score (nSPS) is 19.3. The average molecular weight is 330 g/mol. The van der Waals surface area contributed by atoms with Crippen LogP contribution in [0.4, 0.5) is 4.79 Å². The van der Waals surface area contributed by atoms with Crippen LogP contribution in [0.25, 0.3) is 0 Å². The van der Waals surface area contributed by atoms with E-state index in [1.807, 2.05) is 0 Å². The molecule has 1 fully saturated rings. The molecule has 132 valence electrons. The highest BCUT2D eigenvalue weighted by Gasteiger charge is 2.40. The summed E-state index contributed by atoms with van der Waals surface area (Å²) >= 11 is 0. The minimum absolute atomic E-state index is 0.0707. The zero-order valence-electron chi connectivity index (χ0n) is 14.2. The van der Waals surface area contributed by atoms with Gasteiger partial charge >= 0.3 is 12.1 Å². The Morgan fingerprint density at radius 1 is 1.39 bits per heavy atom. The number of carbonyl (C=O) groups excluding carboxylic acids is 2. The van der Waals surface area contributed by atoms with E-state index in [9.17, 15) is 19.7 Å². The van der Waals surface area contributed by atoms with Crippen LogP contribution in [0.2, 0.25) is 0 Å². The molecule has 0 aromatic heterocycles. The van der Waals surface area contributed by atoms with E-state index >= 15 is 0 Å². The number of nitrogens with zero attached hydrogens (tertiary/aromatic N) is 2. The fraction of sp³-hybridized carbons (Fsp3) is 0.867. The van der Waals surface area contributed by atoms with Crippen LogP contribution in [0, 0.1) is 16.0 Å². The van der Waals surface area contributed by atoms with Gasteiger partial charge in [-0.1, -0.05) is 0 Å². The molecule has 0 aromatic carbocycles. The van der Waals surface area contributed by atoms with Gasteiger partial charge in [0, 0.05) is 17.5 Å². The first-order valence-corrected chi connectivity index (χ1v) is 7.91. The number of hydrogen-bond donors (Lipinski definition) is 0. The second-order valence-electron chi connectivity index (χ2n) is 6.67. The Kier molecular flexibility index (Phi) is 6.78. The van der Waals surface area contributed by atoms with Crippen molar-refractivity contribution >= 4 is 12.1 Å². The zero-order chi connectivity index (χ0) is 17.6. The van der Waals surface area contributed by atoms with E-state index < -0.39 is 28.5 Å².